The topological polar surface area (TPSA) is 116 Å². The van der Waals surface area contributed by atoms with Gasteiger partial charge in [0.15, 0.2) is 0 Å². The lowest BCUT2D eigenvalue weighted by Gasteiger charge is -2.14. The van der Waals surface area contributed by atoms with Gasteiger partial charge in [-0.15, -0.1) is 0 Å². The molecule has 0 aliphatic rings. The van der Waals surface area contributed by atoms with Gasteiger partial charge in [-0.25, -0.2) is 8.42 Å². The van der Waals surface area contributed by atoms with E-state index < -0.39 is 16.1 Å². The van der Waals surface area contributed by atoms with Crippen LogP contribution in [0.5, 0.6) is 5.75 Å². The molecule has 0 fully saturated rings. The standard InChI is InChI=1S/C26H30N4O4S/c1-3-22-23-10-9-21(15-24(23)29-26(22)19-7-5-11-27-16-19)34-13-12-28-17-25(31)18-6-4-8-20(14-18)30-35(2,32)33/h4-11,14-16,25,28-31H,3,12-13,17H2,1-2H3. The normalized spacial score (nSPS) is 12.5. The molecule has 4 N–H and O–H groups in total. The number of ether oxygens (including phenoxy) is 1. The lowest BCUT2D eigenvalue weighted by molar-refractivity contribution is 0.172. The number of aryl methyl sites for hydroxylation is 1. The fourth-order valence-electron chi connectivity index (χ4n) is 4.07. The summed E-state index contributed by atoms with van der Waals surface area (Å²) in [6, 6.07) is 16.8. The molecule has 8 nitrogen and oxygen atoms in total. The van der Waals surface area contributed by atoms with Crippen molar-refractivity contribution in [1.29, 1.82) is 0 Å². The monoisotopic (exact) mass is 494 g/mol. The molecule has 2 heterocycles. The highest BCUT2D eigenvalue weighted by atomic mass is 32.2. The first-order chi connectivity index (χ1) is 16.8. The highest BCUT2D eigenvalue weighted by Gasteiger charge is 2.13. The summed E-state index contributed by atoms with van der Waals surface area (Å²) in [7, 11) is -3.37. The van der Waals surface area contributed by atoms with Crippen LogP contribution < -0.4 is 14.8 Å². The molecule has 4 aromatic rings. The second-order valence-corrected chi connectivity index (χ2v) is 10.1. The van der Waals surface area contributed by atoms with Crippen molar-refractivity contribution in [2.24, 2.45) is 0 Å². The molecular formula is C26H30N4O4S. The zero-order valence-corrected chi connectivity index (χ0v) is 20.6. The third-order valence-corrected chi connectivity index (χ3v) is 6.25. The lowest BCUT2D eigenvalue weighted by Crippen LogP contribution is -2.26. The van der Waals surface area contributed by atoms with Crippen LogP contribution in [0.15, 0.2) is 67.0 Å². The van der Waals surface area contributed by atoms with Crippen LogP contribution in [-0.2, 0) is 16.4 Å². The van der Waals surface area contributed by atoms with Gasteiger partial charge in [-0.05, 0) is 53.9 Å². The largest absolute Gasteiger partial charge is 0.492 e. The van der Waals surface area contributed by atoms with E-state index in [-0.39, 0.29) is 0 Å². The van der Waals surface area contributed by atoms with Gasteiger partial charge in [-0.3, -0.25) is 9.71 Å². The van der Waals surface area contributed by atoms with E-state index in [1.807, 2.05) is 30.5 Å². The molecule has 2 aromatic carbocycles. The quantitative estimate of drug-likeness (QED) is 0.235. The molecule has 0 saturated heterocycles. The Morgan fingerprint density at radius 1 is 1.14 bits per heavy atom. The summed E-state index contributed by atoms with van der Waals surface area (Å²) in [5.41, 5.74) is 5.46. The first kappa shape index (κ1) is 24.7. The number of H-pyrrole nitrogens is 1. The van der Waals surface area contributed by atoms with E-state index in [4.69, 9.17) is 4.74 Å². The molecule has 184 valence electrons. The van der Waals surface area contributed by atoms with Crippen LogP contribution >= 0.6 is 0 Å². The predicted octanol–water partition coefficient (Wildman–Crippen LogP) is 3.87. The van der Waals surface area contributed by atoms with E-state index in [2.05, 4.69) is 33.0 Å². The van der Waals surface area contributed by atoms with E-state index in [9.17, 15) is 13.5 Å². The summed E-state index contributed by atoms with van der Waals surface area (Å²) in [5, 5.41) is 14.8. The van der Waals surface area contributed by atoms with Crippen molar-refractivity contribution in [1.82, 2.24) is 15.3 Å². The number of fused-ring (bicyclic) bond motifs is 1. The summed E-state index contributed by atoms with van der Waals surface area (Å²) in [6.07, 6.45) is 4.85. The van der Waals surface area contributed by atoms with E-state index in [1.54, 1.807) is 30.5 Å². The third kappa shape index (κ3) is 6.39. The lowest BCUT2D eigenvalue weighted by atomic mass is 10.0. The number of nitrogens with one attached hydrogen (secondary N) is 3. The fourth-order valence-corrected chi connectivity index (χ4v) is 4.63. The second-order valence-electron chi connectivity index (χ2n) is 8.35. The molecule has 0 aliphatic heterocycles. The molecule has 0 radical (unpaired) electrons. The number of aromatic nitrogens is 2. The van der Waals surface area contributed by atoms with Gasteiger partial charge in [0, 0.05) is 53.7 Å². The van der Waals surface area contributed by atoms with Crippen molar-refractivity contribution >= 4 is 26.6 Å². The van der Waals surface area contributed by atoms with Crippen LogP contribution in [0.2, 0.25) is 0 Å². The number of hydrogen-bond donors (Lipinski definition) is 4. The number of pyridine rings is 1. The Hall–Kier alpha value is -3.40. The zero-order valence-electron chi connectivity index (χ0n) is 19.8. The van der Waals surface area contributed by atoms with Crippen LogP contribution in [0.3, 0.4) is 0 Å². The van der Waals surface area contributed by atoms with Gasteiger partial charge in [-0.1, -0.05) is 19.1 Å². The van der Waals surface area contributed by atoms with E-state index in [0.29, 0.717) is 30.9 Å². The average molecular weight is 495 g/mol. The number of aromatic amines is 1. The van der Waals surface area contributed by atoms with Gasteiger partial charge in [0.2, 0.25) is 10.0 Å². The van der Waals surface area contributed by atoms with Gasteiger partial charge in [0.1, 0.15) is 12.4 Å². The van der Waals surface area contributed by atoms with Crippen molar-refractivity contribution in [3.8, 4) is 17.0 Å². The summed E-state index contributed by atoms with van der Waals surface area (Å²) in [6.45, 7) is 3.44. The summed E-state index contributed by atoms with van der Waals surface area (Å²) >= 11 is 0. The average Bonchev–Trinajstić information content (AvgIpc) is 3.21. The first-order valence-corrected chi connectivity index (χ1v) is 13.4. The Morgan fingerprint density at radius 3 is 2.74 bits per heavy atom. The van der Waals surface area contributed by atoms with Crippen LogP contribution in [0.25, 0.3) is 22.2 Å². The molecule has 0 bridgehead atoms. The predicted molar refractivity (Wildman–Crippen MR) is 139 cm³/mol. The molecule has 0 aliphatic carbocycles. The Balaban J connectivity index is 1.31. The van der Waals surface area contributed by atoms with Crippen molar-refractivity contribution < 1.29 is 18.3 Å². The maximum Gasteiger partial charge on any atom is 0.229 e. The minimum atomic E-state index is -3.37. The van der Waals surface area contributed by atoms with E-state index in [0.717, 1.165) is 35.2 Å². The number of rotatable bonds is 11. The molecule has 1 unspecified atom stereocenters. The van der Waals surface area contributed by atoms with Gasteiger partial charge >= 0.3 is 0 Å². The molecule has 2 aromatic heterocycles. The number of sulfonamides is 1. The third-order valence-electron chi connectivity index (χ3n) is 5.64. The Kier molecular flexibility index (Phi) is 7.70. The van der Waals surface area contributed by atoms with Crippen LogP contribution in [-0.4, -0.2) is 49.4 Å². The molecule has 0 saturated carbocycles. The number of benzene rings is 2. The molecule has 0 spiro atoms. The number of aliphatic hydroxyl groups is 1. The summed E-state index contributed by atoms with van der Waals surface area (Å²) < 4.78 is 31.1. The molecule has 1 atom stereocenters. The number of aliphatic hydroxyl groups excluding tert-OH is 1. The smallest absolute Gasteiger partial charge is 0.229 e. The molecular weight excluding hydrogens is 464 g/mol. The second kappa shape index (κ2) is 10.9. The molecule has 35 heavy (non-hydrogen) atoms. The summed E-state index contributed by atoms with van der Waals surface area (Å²) in [4.78, 5) is 7.75. The van der Waals surface area contributed by atoms with E-state index in [1.165, 1.54) is 10.9 Å². The van der Waals surface area contributed by atoms with Crippen molar-refractivity contribution in [3.05, 3.63) is 78.1 Å². The fraction of sp³-hybridized carbons (Fsp3) is 0.269. The number of nitrogens with zero attached hydrogens (tertiary/aromatic N) is 1. The Bertz CT molecular complexity index is 1390. The molecule has 9 heteroatoms. The van der Waals surface area contributed by atoms with E-state index >= 15 is 0 Å². The molecule has 4 rings (SSSR count). The zero-order chi connectivity index (χ0) is 24.8. The van der Waals surface area contributed by atoms with Gasteiger partial charge in [-0.2, -0.15) is 0 Å². The van der Waals surface area contributed by atoms with Gasteiger partial charge in [0.05, 0.1) is 18.1 Å². The number of anilines is 1. The van der Waals surface area contributed by atoms with Crippen molar-refractivity contribution in [3.63, 3.8) is 0 Å². The summed E-state index contributed by atoms with van der Waals surface area (Å²) in [5.74, 6) is 0.765. The maximum absolute atomic E-state index is 11.4. The SMILES string of the molecule is CCc1c(-c2cccnc2)[nH]c2cc(OCCNCC(O)c3cccc(NS(C)(=O)=O)c3)ccc12. The minimum absolute atomic E-state index is 0.315. The first-order valence-electron chi connectivity index (χ1n) is 11.5. The Morgan fingerprint density at radius 2 is 2.00 bits per heavy atom. The van der Waals surface area contributed by atoms with Crippen LogP contribution in [0.4, 0.5) is 5.69 Å². The van der Waals surface area contributed by atoms with Gasteiger partial charge < -0.3 is 20.1 Å². The Labute approximate surface area is 205 Å². The minimum Gasteiger partial charge on any atom is -0.492 e. The van der Waals surface area contributed by atoms with Crippen molar-refractivity contribution in [2.45, 2.75) is 19.4 Å². The van der Waals surface area contributed by atoms with Gasteiger partial charge in [0.25, 0.3) is 0 Å². The molecule has 0 amide bonds. The van der Waals surface area contributed by atoms with Crippen LogP contribution in [0, 0.1) is 0 Å². The number of hydrogen-bond acceptors (Lipinski definition) is 6. The van der Waals surface area contributed by atoms with Crippen LogP contribution in [0.1, 0.15) is 24.2 Å². The highest BCUT2D eigenvalue weighted by Crippen LogP contribution is 2.32. The highest BCUT2D eigenvalue weighted by molar-refractivity contribution is 7.92. The van der Waals surface area contributed by atoms with Crippen molar-refractivity contribution in [2.75, 3.05) is 30.7 Å². The maximum atomic E-state index is 11.4.